The number of amides is 1. The van der Waals surface area contributed by atoms with Gasteiger partial charge in [-0.2, -0.15) is 23.0 Å². The van der Waals surface area contributed by atoms with Crippen LogP contribution in [-0.4, -0.2) is 58.0 Å². The van der Waals surface area contributed by atoms with E-state index < -0.39 is 11.7 Å². The third kappa shape index (κ3) is 4.92. The van der Waals surface area contributed by atoms with Gasteiger partial charge in [-0.15, -0.1) is 0 Å². The van der Waals surface area contributed by atoms with Gasteiger partial charge in [0.25, 0.3) is 0 Å². The van der Waals surface area contributed by atoms with Gasteiger partial charge in [0.15, 0.2) is 0 Å². The number of carbonyl (C=O) groups is 1. The Hall–Kier alpha value is -1.91. The molecule has 2 aromatic rings. The summed E-state index contributed by atoms with van der Waals surface area (Å²) in [6.45, 7) is 1.87. The largest absolute Gasteiger partial charge is 0.416 e. The van der Waals surface area contributed by atoms with Crippen LogP contribution in [0.15, 0.2) is 30.6 Å². The summed E-state index contributed by atoms with van der Waals surface area (Å²) in [5.74, 6) is 0. The number of alkyl halides is 3. The fraction of sp³-hybridized carbons (Fsp3) is 0.412. The minimum absolute atomic E-state index is 0.126. The van der Waals surface area contributed by atoms with Gasteiger partial charge in [0.05, 0.1) is 23.6 Å². The first kappa shape index (κ1) is 20.8. The van der Waals surface area contributed by atoms with Gasteiger partial charge in [-0.1, -0.05) is 23.5 Å². The molecule has 1 amide bonds. The number of piperazine rings is 1. The van der Waals surface area contributed by atoms with Gasteiger partial charge in [0.1, 0.15) is 0 Å². The Bertz CT molecular complexity index is 836. The van der Waals surface area contributed by atoms with Crippen molar-refractivity contribution in [3.63, 3.8) is 0 Å². The van der Waals surface area contributed by atoms with Crippen molar-refractivity contribution in [1.82, 2.24) is 19.6 Å². The lowest BCUT2D eigenvalue weighted by Crippen LogP contribution is -2.49. The Morgan fingerprint density at radius 2 is 2.00 bits per heavy atom. The first-order chi connectivity index (χ1) is 13.3. The summed E-state index contributed by atoms with van der Waals surface area (Å²) < 4.78 is 43.9. The van der Waals surface area contributed by atoms with Crippen LogP contribution < -0.4 is 4.72 Å². The maximum Gasteiger partial charge on any atom is 0.416 e. The fourth-order valence-corrected chi connectivity index (χ4v) is 3.59. The summed E-state index contributed by atoms with van der Waals surface area (Å²) >= 11 is 7.28. The standard InChI is InChI=1S/C17H19ClF3N5OS/c1-28-23-14-9-22-26(11-14)16(27)25-6-4-24(5-7-25)10-12-8-13(18)2-3-15(12)17(19,20)21/h2-3,8-9,11,23H,4-7,10H2,1H3. The van der Waals surface area contributed by atoms with Crippen molar-refractivity contribution in [3.05, 3.63) is 46.7 Å². The Morgan fingerprint density at radius 1 is 1.29 bits per heavy atom. The lowest BCUT2D eigenvalue weighted by Gasteiger charge is -2.34. The third-order valence-corrected chi connectivity index (χ3v) is 5.08. The quantitative estimate of drug-likeness (QED) is 0.738. The lowest BCUT2D eigenvalue weighted by molar-refractivity contribution is -0.138. The van der Waals surface area contributed by atoms with Gasteiger partial charge < -0.3 is 9.62 Å². The average molecular weight is 434 g/mol. The van der Waals surface area contributed by atoms with E-state index in [9.17, 15) is 18.0 Å². The van der Waals surface area contributed by atoms with Crippen molar-refractivity contribution in [2.45, 2.75) is 12.7 Å². The van der Waals surface area contributed by atoms with Gasteiger partial charge >= 0.3 is 12.2 Å². The number of benzene rings is 1. The van der Waals surface area contributed by atoms with Crippen molar-refractivity contribution < 1.29 is 18.0 Å². The van der Waals surface area contributed by atoms with Crippen LogP contribution in [0.25, 0.3) is 0 Å². The zero-order valence-electron chi connectivity index (χ0n) is 15.0. The minimum Gasteiger partial charge on any atom is -0.327 e. The summed E-state index contributed by atoms with van der Waals surface area (Å²) in [6.07, 6.45) is 0.595. The number of hydrogen-bond donors (Lipinski definition) is 1. The van der Waals surface area contributed by atoms with Crippen LogP contribution in [0.3, 0.4) is 0 Å². The van der Waals surface area contributed by atoms with E-state index in [-0.39, 0.29) is 23.2 Å². The fourth-order valence-electron chi connectivity index (χ4n) is 3.05. The molecule has 3 rings (SSSR count). The van der Waals surface area contributed by atoms with E-state index in [1.807, 2.05) is 11.2 Å². The molecule has 0 saturated carbocycles. The molecule has 2 heterocycles. The van der Waals surface area contributed by atoms with Crippen LogP contribution in [0.2, 0.25) is 5.02 Å². The van der Waals surface area contributed by atoms with Crippen LogP contribution in [0.5, 0.6) is 0 Å². The Kier molecular flexibility index (Phi) is 6.41. The van der Waals surface area contributed by atoms with E-state index in [2.05, 4.69) is 9.82 Å². The number of carbonyl (C=O) groups excluding carboxylic acids is 1. The van der Waals surface area contributed by atoms with Crippen LogP contribution in [-0.2, 0) is 12.7 Å². The molecular weight excluding hydrogens is 415 g/mol. The molecule has 0 unspecified atom stereocenters. The van der Waals surface area contributed by atoms with Gasteiger partial charge in [0.2, 0.25) is 0 Å². The smallest absolute Gasteiger partial charge is 0.327 e. The molecule has 1 aliphatic heterocycles. The third-order valence-electron chi connectivity index (χ3n) is 4.41. The van der Waals surface area contributed by atoms with Crippen LogP contribution >= 0.6 is 23.5 Å². The molecule has 28 heavy (non-hydrogen) atoms. The molecule has 1 N–H and O–H groups in total. The molecule has 1 aliphatic rings. The lowest BCUT2D eigenvalue weighted by atomic mass is 10.1. The zero-order valence-corrected chi connectivity index (χ0v) is 16.6. The second kappa shape index (κ2) is 8.62. The maximum absolute atomic E-state index is 13.2. The molecule has 11 heteroatoms. The molecule has 0 spiro atoms. The van der Waals surface area contributed by atoms with E-state index in [0.29, 0.717) is 26.2 Å². The van der Waals surface area contributed by atoms with Gasteiger partial charge in [-0.3, -0.25) is 4.90 Å². The van der Waals surface area contributed by atoms with E-state index in [1.165, 1.54) is 28.8 Å². The van der Waals surface area contributed by atoms with Crippen molar-refractivity contribution in [2.75, 3.05) is 37.2 Å². The monoisotopic (exact) mass is 433 g/mol. The number of anilines is 1. The maximum atomic E-state index is 13.2. The molecule has 152 valence electrons. The number of rotatable bonds is 4. The van der Waals surface area contributed by atoms with E-state index in [4.69, 9.17) is 11.6 Å². The highest BCUT2D eigenvalue weighted by atomic mass is 35.5. The summed E-state index contributed by atoms with van der Waals surface area (Å²) in [5, 5.41) is 4.31. The number of hydrogen-bond acceptors (Lipinski definition) is 5. The number of aromatic nitrogens is 2. The highest BCUT2D eigenvalue weighted by Gasteiger charge is 2.34. The van der Waals surface area contributed by atoms with Gasteiger partial charge in [0, 0.05) is 44.0 Å². The molecule has 0 atom stereocenters. The van der Waals surface area contributed by atoms with E-state index in [0.717, 1.165) is 11.8 Å². The SMILES string of the molecule is CSNc1cnn(C(=O)N2CCN(Cc3cc(Cl)ccc3C(F)(F)F)CC2)c1. The van der Waals surface area contributed by atoms with Crippen molar-refractivity contribution in [2.24, 2.45) is 0 Å². The second-order valence-electron chi connectivity index (χ2n) is 6.32. The predicted octanol–water partition coefficient (Wildman–Crippen LogP) is 4.03. The van der Waals surface area contributed by atoms with Crippen molar-refractivity contribution in [3.8, 4) is 0 Å². The number of halogens is 4. The topological polar surface area (TPSA) is 53.4 Å². The Balaban J connectivity index is 1.61. The molecule has 1 aromatic carbocycles. The Labute approximate surface area is 169 Å². The number of nitrogens with zero attached hydrogens (tertiary/aromatic N) is 4. The van der Waals surface area contributed by atoms with Gasteiger partial charge in [-0.05, 0) is 23.8 Å². The molecule has 1 fully saturated rings. The van der Waals surface area contributed by atoms with Crippen LogP contribution in [0, 0.1) is 0 Å². The first-order valence-corrected chi connectivity index (χ1v) is 10.1. The zero-order chi connectivity index (χ0) is 20.3. The average Bonchev–Trinajstić information content (AvgIpc) is 3.10. The molecule has 0 bridgehead atoms. The van der Waals surface area contributed by atoms with Crippen molar-refractivity contribution in [1.29, 1.82) is 0 Å². The summed E-state index contributed by atoms with van der Waals surface area (Å²) in [7, 11) is 0. The molecule has 6 nitrogen and oxygen atoms in total. The van der Waals surface area contributed by atoms with E-state index in [1.54, 1.807) is 17.3 Å². The molecule has 0 radical (unpaired) electrons. The number of nitrogens with one attached hydrogen (secondary N) is 1. The summed E-state index contributed by atoms with van der Waals surface area (Å²) in [4.78, 5) is 16.0. The highest BCUT2D eigenvalue weighted by molar-refractivity contribution is 7.99. The molecule has 1 aromatic heterocycles. The second-order valence-corrected chi connectivity index (χ2v) is 7.37. The minimum atomic E-state index is -4.43. The van der Waals surface area contributed by atoms with Crippen molar-refractivity contribution >= 4 is 35.3 Å². The summed E-state index contributed by atoms with van der Waals surface area (Å²) in [6, 6.07) is 3.35. The summed E-state index contributed by atoms with van der Waals surface area (Å²) in [5.41, 5.74) is 0.181. The first-order valence-electron chi connectivity index (χ1n) is 8.49. The molecule has 0 aliphatic carbocycles. The normalized spacial score (nSPS) is 15.7. The van der Waals surface area contributed by atoms with Gasteiger partial charge in [-0.25, -0.2) is 4.79 Å². The van der Waals surface area contributed by atoms with Crippen LogP contribution in [0.4, 0.5) is 23.7 Å². The van der Waals surface area contributed by atoms with Crippen LogP contribution in [0.1, 0.15) is 11.1 Å². The van der Waals surface area contributed by atoms with E-state index >= 15 is 0 Å². The molecular formula is C17H19ClF3N5OS. The highest BCUT2D eigenvalue weighted by Crippen LogP contribution is 2.34. The predicted molar refractivity (Wildman–Crippen MR) is 103 cm³/mol. The molecule has 1 saturated heterocycles. The Morgan fingerprint density at radius 3 is 2.64 bits per heavy atom.